The minimum atomic E-state index is -3.71. The monoisotopic (exact) mass is 408 g/mol. The number of ether oxygens (including phenoxy) is 1. The van der Waals surface area contributed by atoms with Crippen LogP contribution in [-0.4, -0.2) is 57.5 Å². The van der Waals surface area contributed by atoms with Crippen LogP contribution in [0, 0.1) is 0 Å². The summed E-state index contributed by atoms with van der Waals surface area (Å²) in [7, 11) is 0.945. The molecule has 0 aromatic heterocycles. The zero-order valence-electron chi connectivity index (χ0n) is 15.9. The van der Waals surface area contributed by atoms with E-state index < -0.39 is 10.0 Å². The summed E-state index contributed by atoms with van der Waals surface area (Å²) >= 11 is 1.54. The molecule has 0 atom stereocenters. The van der Waals surface area contributed by atoms with E-state index in [9.17, 15) is 13.2 Å². The van der Waals surface area contributed by atoms with Crippen molar-refractivity contribution >= 4 is 27.7 Å². The topological polar surface area (TPSA) is 66.9 Å². The maximum Gasteiger partial charge on any atom is 0.243 e. The van der Waals surface area contributed by atoms with Crippen molar-refractivity contribution in [1.82, 2.24) is 9.21 Å². The zero-order valence-corrected chi connectivity index (χ0v) is 17.5. The SMILES string of the molecule is COc1ccc(CN(C)C(=O)CN(C)S(=O)(=O)c2ccc(SC)cc2)cc1. The van der Waals surface area contributed by atoms with Crippen LogP contribution in [-0.2, 0) is 21.4 Å². The van der Waals surface area contributed by atoms with Gasteiger partial charge in [-0.1, -0.05) is 12.1 Å². The van der Waals surface area contributed by atoms with Crippen LogP contribution in [0.25, 0.3) is 0 Å². The van der Waals surface area contributed by atoms with Crippen LogP contribution in [0.2, 0.25) is 0 Å². The quantitative estimate of drug-likeness (QED) is 0.629. The van der Waals surface area contributed by atoms with Crippen LogP contribution in [0.3, 0.4) is 0 Å². The van der Waals surface area contributed by atoms with Gasteiger partial charge in [0.25, 0.3) is 0 Å². The number of hydrogen-bond acceptors (Lipinski definition) is 5. The van der Waals surface area contributed by atoms with Gasteiger partial charge in [-0.15, -0.1) is 11.8 Å². The Morgan fingerprint density at radius 2 is 1.63 bits per heavy atom. The molecule has 1 amide bonds. The molecular formula is C19H24N2O4S2. The van der Waals surface area contributed by atoms with Crippen LogP contribution in [0.1, 0.15) is 5.56 Å². The molecule has 0 spiro atoms. The maximum atomic E-state index is 12.7. The van der Waals surface area contributed by atoms with Crippen LogP contribution < -0.4 is 4.74 Å². The van der Waals surface area contributed by atoms with Crippen LogP contribution >= 0.6 is 11.8 Å². The van der Waals surface area contributed by atoms with Crippen molar-refractivity contribution in [3.63, 3.8) is 0 Å². The molecule has 0 aliphatic heterocycles. The first-order chi connectivity index (χ1) is 12.8. The second-order valence-electron chi connectivity index (χ2n) is 6.03. The lowest BCUT2D eigenvalue weighted by molar-refractivity contribution is -0.130. The summed E-state index contributed by atoms with van der Waals surface area (Å²) in [4.78, 5) is 15.1. The third-order valence-corrected chi connectivity index (χ3v) is 6.69. The minimum Gasteiger partial charge on any atom is -0.497 e. The average molecular weight is 409 g/mol. The number of nitrogens with zero attached hydrogens (tertiary/aromatic N) is 2. The summed E-state index contributed by atoms with van der Waals surface area (Å²) in [5.41, 5.74) is 0.935. The van der Waals surface area contributed by atoms with Crippen molar-refractivity contribution in [2.75, 3.05) is 34.0 Å². The highest BCUT2D eigenvalue weighted by Crippen LogP contribution is 2.20. The Bertz CT molecular complexity index is 866. The third-order valence-electron chi connectivity index (χ3n) is 4.13. The third kappa shape index (κ3) is 5.47. The van der Waals surface area contributed by atoms with E-state index in [0.29, 0.717) is 6.54 Å². The molecular weight excluding hydrogens is 384 g/mol. The van der Waals surface area contributed by atoms with Crippen molar-refractivity contribution in [2.45, 2.75) is 16.3 Å². The van der Waals surface area contributed by atoms with E-state index in [4.69, 9.17) is 4.74 Å². The normalized spacial score (nSPS) is 11.4. The van der Waals surface area contributed by atoms with Gasteiger partial charge in [-0.25, -0.2) is 8.42 Å². The standard InChI is InChI=1S/C19H24N2O4S2/c1-20(13-15-5-7-16(25-3)8-6-15)19(22)14-21(2)27(23,24)18-11-9-17(26-4)10-12-18/h5-12H,13-14H2,1-4H3. The Balaban J connectivity index is 2.01. The van der Waals surface area contributed by atoms with E-state index in [0.717, 1.165) is 20.5 Å². The molecule has 0 saturated carbocycles. The Morgan fingerprint density at radius 1 is 1.04 bits per heavy atom. The number of thioether (sulfide) groups is 1. The maximum absolute atomic E-state index is 12.7. The first-order valence-corrected chi connectivity index (χ1v) is 10.9. The summed E-state index contributed by atoms with van der Waals surface area (Å²) in [5, 5.41) is 0. The number of sulfonamides is 1. The van der Waals surface area contributed by atoms with Crippen molar-refractivity contribution in [1.29, 1.82) is 0 Å². The lowest BCUT2D eigenvalue weighted by Crippen LogP contribution is -2.39. The number of likely N-dealkylation sites (N-methyl/N-ethyl adjacent to an activating group) is 2. The van der Waals surface area contributed by atoms with Crippen LogP contribution in [0.4, 0.5) is 0 Å². The molecule has 2 rings (SSSR count). The molecule has 0 aliphatic rings. The number of hydrogen-bond donors (Lipinski definition) is 0. The van der Waals surface area contributed by atoms with Gasteiger partial charge in [0.05, 0.1) is 18.6 Å². The fourth-order valence-corrected chi connectivity index (χ4v) is 3.95. The van der Waals surface area contributed by atoms with Crippen molar-refractivity contribution in [3.05, 3.63) is 54.1 Å². The molecule has 0 saturated heterocycles. The Hall–Kier alpha value is -2.03. The molecule has 146 valence electrons. The molecule has 6 nitrogen and oxygen atoms in total. The molecule has 0 radical (unpaired) electrons. The lowest BCUT2D eigenvalue weighted by atomic mass is 10.2. The predicted molar refractivity (Wildman–Crippen MR) is 108 cm³/mol. The fraction of sp³-hybridized carbons (Fsp3) is 0.316. The molecule has 0 fully saturated rings. The molecule has 0 bridgehead atoms. The number of amides is 1. The number of carbonyl (C=O) groups is 1. The average Bonchev–Trinajstić information content (AvgIpc) is 2.68. The van der Waals surface area contributed by atoms with E-state index in [1.807, 2.05) is 30.5 Å². The van der Waals surface area contributed by atoms with Crippen molar-refractivity contribution in [3.8, 4) is 5.75 Å². The lowest BCUT2D eigenvalue weighted by Gasteiger charge is -2.22. The van der Waals surface area contributed by atoms with Gasteiger partial charge in [0.15, 0.2) is 0 Å². The summed E-state index contributed by atoms with van der Waals surface area (Å²) < 4.78 is 31.5. The van der Waals surface area contributed by atoms with Gasteiger partial charge in [0.2, 0.25) is 15.9 Å². The smallest absolute Gasteiger partial charge is 0.243 e. The highest BCUT2D eigenvalue weighted by atomic mass is 32.2. The van der Waals surface area contributed by atoms with E-state index in [-0.39, 0.29) is 17.3 Å². The van der Waals surface area contributed by atoms with Gasteiger partial charge < -0.3 is 9.64 Å². The van der Waals surface area contributed by atoms with Gasteiger partial charge >= 0.3 is 0 Å². The number of benzene rings is 2. The van der Waals surface area contributed by atoms with Crippen LogP contribution in [0.15, 0.2) is 58.3 Å². The van der Waals surface area contributed by atoms with Gasteiger partial charge in [-0.2, -0.15) is 4.31 Å². The van der Waals surface area contributed by atoms with Gasteiger partial charge in [0, 0.05) is 25.5 Å². The van der Waals surface area contributed by atoms with E-state index in [1.54, 1.807) is 38.4 Å². The predicted octanol–water partition coefficient (Wildman–Crippen LogP) is 2.70. The fourth-order valence-electron chi connectivity index (χ4n) is 2.42. The summed E-state index contributed by atoms with van der Waals surface area (Å²) in [6.07, 6.45) is 1.92. The molecule has 0 aliphatic carbocycles. The van der Waals surface area contributed by atoms with Gasteiger partial charge in [-0.05, 0) is 48.2 Å². The Kier molecular flexibility index (Phi) is 7.29. The van der Waals surface area contributed by atoms with Gasteiger partial charge in [0.1, 0.15) is 5.75 Å². The first kappa shape index (κ1) is 21.3. The second-order valence-corrected chi connectivity index (χ2v) is 8.96. The van der Waals surface area contributed by atoms with Crippen molar-refractivity contribution < 1.29 is 17.9 Å². The first-order valence-electron chi connectivity index (χ1n) is 8.25. The molecule has 2 aromatic carbocycles. The summed E-state index contributed by atoms with van der Waals surface area (Å²) in [5.74, 6) is 0.462. The number of methoxy groups -OCH3 is 1. The van der Waals surface area contributed by atoms with Gasteiger partial charge in [-0.3, -0.25) is 4.79 Å². The molecule has 0 unspecified atom stereocenters. The van der Waals surface area contributed by atoms with E-state index in [2.05, 4.69) is 0 Å². The Morgan fingerprint density at radius 3 is 2.15 bits per heavy atom. The highest BCUT2D eigenvalue weighted by Gasteiger charge is 2.24. The van der Waals surface area contributed by atoms with E-state index >= 15 is 0 Å². The number of carbonyl (C=O) groups excluding carboxylic acids is 1. The van der Waals surface area contributed by atoms with E-state index in [1.165, 1.54) is 23.7 Å². The molecule has 27 heavy (non-hydrogen) atoms. The molecule has 0 N–H and O–H groups in total. The van der Waals surface area contributed by atoms with Crippen LogP contribution in [0.5, 0.6) is 5.75 Å². The Labute approximate surface area is 165 Å². The summed E-state index contributed by atoms with van der Waals surface area (Å²) in [6.45, 7) is 0.165. The summed E-state index contributed by atoms with van der Waals surface area (Å²) in [6, 6.07) is 14.0. The largest absolute Gasteiger partial charge is 0.497 e. The zero-order chi connectivity index (χ0) is 20.0. The highest BCUT2D eigenvalue weighted by molar-refractivity contribution is 7.98. The second kappa shape index (κ2) is 9.25. The number of rotatable bonds is 8. The molecule has 8 heteroatoms. The molecule has 0 heterocycles. The van der Waals surface area contributed by atoms with Crippen molar-refractivity contribution in [2.24, 2.45) is 0 Å². The minimum absolute atomic E-state index is 0.174. The molecule has 2 aromatic rings.